The second-order valence-electron chi connectivity index (χ2n) is 19.0. The van der Waals surface area contributed by atoms with Gasteiger partial charge in [0, 0.05) is 55.4 Å². The van der Waals surface area contributed by atoms with Gasteiger partial charge in [-0.2, -0.15) is 0 Å². The van der Waals surface area contributed by atoms with E-state index in [1.165, 1.54) is 28.7 Å². The van der Waals surface area contributed by atoms with E-state index in [9.17, 15) is 5.11 Å². The quantitative estimate of drug-likeness (QED) is 0.154. The molecule has 62 heavy (non-hydrogen) atoms. The van der Waals surface area contributed by atoms with Gasteiger partial charge in [-0.25, -0.2) is 4.98 Å². The van der Waals surface area contributed by atoms with Crippen molar-refractivity contribution in [1.82, 2.24) is 4.98 Å². The van der Waals surface area contributed by atoms with Gasteiger partial charge in [0.05, 0.1) is 17.6 Å². The summed E-state index contributed by atoms with van der Waals surface area (Å²) in [5.74, 6) is 2.24. The second-order valence-corrected chi connectivity index (χ2v) is 19.0. The molecule has 1 fully saturated rings. The van der Waals surface area contributed by atoms with Crippen molar-refractivity contribution in [3.63, 3.8) is 0 Å². The van der Waals surface area contributed by atoms with Crippen molar-refractivity contribution in [2.45, 2.75) is 97.6 Å². The average molecular weight is 998 g/mol. The maximum atomic E-state index is 11.2. The summed E-state index contributed by atoms with van der Waals surface area (Å²) in [5, 5.41) is 12.0. The number of phenolic OH excluding ortho intramolecular Hbond substituents is 1. The molecule has 7 aromatic rings. The normalized spacial score (nSPS) is 17.3. The molecule has 0 amide bonds. The van der Waals surface area contributed by atoms with E-state index in [2.05, 4.69) is 181 Å². The topological polar surface area (TPSA) is 58.0 Å². The number of ether oxygens (including phenoxy) is 1. The SMILES string of the molecule is CC(C)c1cc(Oc2ccc3cc(C(C)(C)C)cc(O)c3n2)[c-]c(C2=N[C@@H]3[C@@H](CCCCC3(C)C)N2c2c(-c3ccccc3)cc(-c3ccccc3)cc2-c2ccccc2)c1.[Pt]. The third kappa shape index (κ3) is 8.49. The standard InChI is InChI=1S/C56H56N3O2.Pt/c1-36(2)41-29-43(32-45(31-41)61-50-27-26-40-30-44(55(3,4)5)35-49(60)51(40)57-50)54-58-53-48(25-17-18-28-56(53,6)7)59(54)52-46(38-21-13-9-14-22-38)33-42(37-19-11-8-12-20-37)34-47(52)39-23-15-10-16-24-39;/h8-16,19-24,26-27,29-31,33-36,48,53,60H,17-18,25,28H2,1-7H3;/q-1;/t48-,53-;/m1./s1. The van der Waals surface area contributed by atoms with Gasteiger partial charge in [0.2, 0.25) is 5.88 Å². The molecule has 2 atom stereocenters. The molecule has 0 radical (unpaired) electrons. The Bertz CT molecular complexity index is 2680. The van der Waals surface area contributed by atoms with E-state index in [0.29, 0.717) is 17.1 Å². The minimum absolute atomic E-state index is 0. The molecule has 5 nitrogen and oxygen atoms in total. The van der Waals surface area contributed by atoms with E-state index in [1.54, 1.807) is 0 Å². The zero-order valence-electron chi connectivity index (χ0n) is 36.9. The van der Waals surface area contributed by atoms with Gasteiger partial charge < -0.3 is 19.7 Å². The Hall–Kier alpha value is -5.51. The van der Waals surface area contributed by atoms with Crippen LogP contribution in [0, 0.1) is 11.5 Å². The number of benzene rings is 6. The van der Waals surface area contributed by atoms with Crippen molar-refractivity contribution in [2.24, 2.45) is 10.4 Å². The fourth-order valence-electron chi connectivity index (χ4n) is 9.35. The molecule has 0 bridgehead atoms. The number of hydrogen-bond acceptors (Lipinski definition) is 5. The number of phenols is 1. The predicted octanol–water partition coefficient (Wildman–Crippen LogP) is 14.6. The summed E-state index contributed by atoms with van der Waals surface area (Å²) in [4.78, 5) is 13.3. The van der Waals surface area contributed by atoms with Crippen LogP contribution in [0.5, 0.6) is 17.4 Å². The summed E-state index contributed by atoms with van der Waals surface area (Å²) in [6.45, 7) is 15.7. The van der Waals surface area contributed by atoms with E-state index in [-0.39, 0.29) is 55.6 Å². The molecule has 6 heteroatoms. The van der Waals surface area contributed by atoms with Crippen LogP contribution in [0.15, 0.2) is 145 Å². The van der Waals surface area contributed by atoms with Gasteiger partial charge in [-0.3, -0.25) is 0 Å². The van der Waals surface area contributed by atoms with Crippen LogP contribution >= 0.6 is 0 Å². The Morgan fingerprint density at radius 2 is 1.35 bits per heavy atom. The van der Waals surface area contributed by atoms with Gasteiger partial charge in [0.25, 0.3) is 0 Å². The van der Waals surface area contributed by atoms with E-state index < -0.39 is 0 Å². The Morgan fingerprint density at radius 1 is 0.742 bits per heavy atom. The van der Waals surface area contributed by atoms with Crippen LogP contribution in [0.25, 0.3) is 44.3 Å². The van der Waals surface area contributed by atoms with Crippen molar-refractivity contribution < 1.29 is 30.9 Å². The van der Waals surface area contributed by atoms with Gasteiger partial charge in [-0.15, -0.1) is 17.2 Å². The summed E-state index contributed by atoms with van der Waals surface area (Å²) in [6.07, 6.45) is 4.46. The van der Waals surface area contributed by atoms with E-state index in [1.807, 2.05) is 18.2 Å². The molecule has 0 saturated heterocycles. The van der Waals surface area contributed by atoms with E-state index in [0.717, 1.165) is 64.0 Å². The maximum Gasteiger partial charge on any atom is 0.217 e. The molecule has 9 rings (SSSR count). The van der Waals surface area contributed by atoms with Gasteiger partial charge in [0.15, 0.2) is 0 Å². The number of fused-ring (bicyclic) bond motifs is 2. The first-order chi connectivity index (χ1) is 29.3. The fraction of sp³-hybridized carbons (Fsp3) is 0.286. The number of aromatic hydroxyl groups is 1. The third-order valence-electron chi connectivity index (χ3n) is 12.8. The number of nitrogens with zero attached hydrogens (tertiary/aromatic N) is 3. The van der Waals surface area contributed by atoms with Crippen LogP contribution in [0.2, 0.25) is 0 Å². The first-order valence-electron chi connectivity index (χ1n) is 22.0. The largest absolute Gasteiger partial charge is 0.506 e. The second kappa shape index (κ2) is 17.3. The molecule has 2 heterocycles. The van der Waals surface area contributed by atoms with Crippen molar-refractivity contribution in [1.29, 1.82) is 0 Å². The summed E-state index contributed by atoms with van der Waals surface area (Å²) in [6, 6.07) is 53.2. The van der Waals surface area contributed by atoms with Crippen LogP contribution in [0.4, 0.5) is 5.69 Å². The predicted molar refractivity (Wildman–Crippen MR) is 253 cm³/mol. The maximum absolute atomic E-state index is 11.2. The first kappa shape index (κ1) is 43.1. The number of amidine groups is 1. The summed E-state index contributed by atoms with van der Waals surface area (Å²) in [5.41, 5.74) is 11.6. The molecule has 1 aliphatic carbocycles. The van der Waals surface area contributed by atoms with Crippen LogP contribution in [-0.2, 0) is 26.5 Å². The van der Waals surface area contributed by atoms with Crippen LogP contribution in [0.3, 0.4) is 0 Å². The number of rotatable bonds is 8. The molecule has 1 N–H and O–H groups in total. The van der Waals surface area contributed by atoms with Crippen LogP contribution in [-0.4, -0.2) is 28.0 Å². The van der Waals surface area contributed by atoms with Gasteiger partial charge in [-0.1, -0.05) is 164 Å². The molecule has 1 aromatic heterocycles. The minimum atomic E-state index is -0.111. The summed E-state index contributed by atoms with van der Waals surface area (Å²) >= 11 is 0. The number of aliphatic imine (C=N–C) groups is 1. The first-order valence-corrected chi connectivity index (χ1v) is 22.0. The minimum Gasteiger partial charge on any atom is -0.506 e. The third-order valence-corrected chi connectivity index (χ3v) is 12.8. The van der Waals surface area contributed by atoms with Crippen LogP contribution in [0.1, 0.15) is 96.8 Å². The molecule has 0 unspecified atom stereocenters. The number of aromatic nitrogens is 1. The van der Waals surface area contributed by atoms with Gasteiger partial charge in [0.1, 0.15) is 11.3 Å². The molecule has 318 valence electrons. The van der Waals surface area contributed by atoms with Crippen molar-refractivity contribution in [2.75, 3.05) is 4.90 Å². The van der Waals surface area contributed by atoms with Gasteiger partial charge in [-0.05, 0) is 87.7 Å². The fourth-order valence-corrected chi connectivity index (χ4v) is 9.35. The van der Waals surface area contributed by atoms with Crippen molar-refractivity contribution >= 4 is 22.4 Å². The van der Waals surface area contributed by atoms with E-state index in [4.69, 9.17) is 14.7 Å². The average Bonchev–Trinajstić information content (AvgIpc) is 3.58. The molecular weight excluding hydrogens is 942 g/mol. The molecule has 1 saturated carbocycles. The zero-order chi connectivity index (χ0) is 42.5. The number of anilines is 1. The van der Waals surface area contributed by atoms with Crippen molar-refractivity contribution in [3.8, 4) is 50.8 Å². The molecule has 6 aromatic carbocycles. The molecule has 2 aliphatic rings. The van der Waals surface area contributed by atoms with Crippen molar-refractivity contribution in [3.05, 3.63) is 162 Å². The number of pyridine rings is 1. The Kier molecular flexibility index (Phi) is 12.1. The van der Waals surface area contributed by atoms with E-state index >= 15 is 0 Å². The van der Waals surface area contributed by atoms with Gasteiger partial charge >= 0.3 is 0 Å². The number of hydrogen-bond donors (Lipinski definition) is 1. The Balaban J connectivity index is 0.00000529. The summed E-state index contributed by atoms with van der Waals surface area (Å²) < 4.78 is 6.65. The Morgan fingerprint density at radius 3 is 1.95 bits per heavy atom. The Labute approximate surface area is 382 Å². The zero-order valence-corrected chi connectivity index (χ0v) is 39.1. The molecule has 0 spiro atoms. The molecular formula is C56H56N3O2Pt-. The molecule has 1 aliphatic heterocycles. The van der Waals surface area contributed by atoms with Crippen LogP contribution < -0.4 is 9.64 Å². The monoisotopic (exact) mass is 997 g/mol. The summed E-state index contributed by atoms with van der Waals surface area (Å²) in [7, 11) is 0. The smallest absolute Gasteiger partial charge is 0.217 e.